The molecule has 0 spiro atoms. The van der Waals surface area contributed by atoms with Gasteiger partial charge < -0.3 is 19.1 Å². The zero-order chi connectivity index (χ0) is 23.1. The molecule has 0 atom stereocenters. The summed E-state index contributed by atoms with van der Waals surface area (Å²) in [4.78, 5) is 6.72. The minimum Gasteiger partial charge on any atom is -0.492 e. The Bertz CT molecular complexity index is 1030. The topological polar surface area (TPSA) is 59.8 Å². The Labute approximate surface area is 200 Å². The molecule has 0 aliphatic carbocycles. The van der Waals surface area contributed by atoms with Crippen molar-refractivity contribution in [2.24, 2.45) is 0 Å². The second kappa shape index (κ2) is 11.1. The van der Waals surface area contributed by atoms with Crippen LogP contribution in [-0.4, -0.2) is 51.5 Å². The summed E-state index contributed by atoms with van der Waals surface area (Å²) in [7, 11) is 0. The molecule has 3 aromatic rings. The van der Waals surface area contributed by atoms with E-state index in [-0.39, 0.29) is 6.61 Å². The fourth-order valence-electron chi connectivity index (χ4n) is 4.16. The number of aryl methyl sites for hydroxylation is 1. The molecule has 176 valence electrons. The summed E-state index contributed by atoms with van der Waals surface area (Å²) in [5.41, 5.74) is 0.402. The number of nitrogens with zero attached hydrogens (tertiary/aromatic N) is 3. The first kappa shape index (κ1) is 23.6. The highest BCUT2D eigenvalue weighted by molar-refractivity contribution is 6.30. The Kier molecular flexibility index (Phi) is 7.91. The van der Waals surface area contributed by atoms with Crippen LogP contribution in [0.1, 0.15) is 31.2 Å². The van der Waals surface area contributed by atoms with Crippen LogP contribution in [-0.2, 0) is 19.5 Å². The predicted octanol–water partition coefficient (Wildman–Crippen LogP) is 4.58. The molecule has 1 aromatic heterocycles. The maximum Gasteiger partial charge on any atom is 0.120 e. The second-order valence-corrected chi connectivity index (χ2v) is 9.07. The molecule has 0 amide bonds. The maximum absolute atomic E-state index is 10.9. The van der Waals surface area contributed by atoms with Crippen molar-refractivity contribution in [1.82, 2.24) is 14.5 Å². The van der Waals surface area contributed by atoms with E-state index in [1.807, 2.05) is 42.7 Å². The molecule has 7 heteroatoms. The zero-order valence-corrected chi connectivity index (χ0v) is 19.9. The third-order valence-electron chi connectivity index (χ3n) is 6.11. The van der Waals surface area contributed by atoms with Crippen LogP contribution in [0.5, 0.6) is 11.5 Å². The maximum atomic E-state index is 10.9. The molecule has 0 radical (unpaired) electrons. The van der Waals surface area contributed by atoms with E-state index in [2.05, 4.69) is 33.5 Å². The molecule has 4 rings (SSSR count). The molecular weight excluding hydrogens is 438 g/mol. The molecule has 0 bridgehead atoms. The molecule has 1 N–H and O–H groups in total. The molecule has 33 heavy (non-hydrogen) atoms. The minimum atomic E-state index is -0.811. The van der Waals surface area contributed by atoms with E-state index in [1.54, 1.807) is 6.07 Å². The van der Waals surface area contributed by atoms with E-state index < -0.39 is 5.60 Å². The molecule has 1 aliphatic rings. The summed E-state index contributed by atoms with van der Waals surface area (Å²) in [6, 6.07) is 15.6. The highest BCUT2D eigenvalue weighted by atomic mass is 35.5. The number of ether oxygens (including phenoxy) is 2. The first-order chi connectivity index (χ1) is 16.0. The lowest BCUT2D eigenvalue weighted by Crippen LogP contribution is -2.47. The van der Waals surface area contributed by atoms with Crippen LogP contribution in [0.15, 0.2) is 60.9 Å². The standard InChI is InChI=1S/C26H32ClN3O3/c1-2-25-28-11-14-30(25)15-16-32-23-7-3-5-21(17-23)19-29-12-9-26(31,10-13-29)20-33-24-8-4-6-22(27)18-24/h3-8,11,14,17-18,31H,2,9-10,12-13,15-16,19-20H2,1H3. The minimum absolute atomic E-state index is 0.279. The van der Waals surface area contributed by atoms with Crippen LogP contribution in [0.2, 0.25) is 5.02 Å². The Morgan fingerprint density at radius 3 is 2.58 bits per heavy atom. The summed E-state index contributed by atoms with van der Waals surface area (Å²) in [6.07, 6.45) is 6.10. The zero-order valence-electron chi connectivity index (χ0n) is 19.1. The lowest BCUT2D eigenvalue weighted by atomic mass is 9.92. The van der Waals surface area contributed by atoms with Gasteiger partial charge >= 0.3 is 0 Å². The molecule has 6 nitrogen and oxygen atoms in total. The fraction of sp³-hybridized carbons (Fsp3) is 0.423. The number of piperidine rings is 1. The van der Waals surface area contributed by atoms with Gasteiger partial charge in [-0.3, -0.25) is 4.90 Å². The Balaban J connectivity index is 1.23. The highest BCUT2D eigenvalue weighted by Crippen LogP contribution is 2.26. The average Bonchev–Trinajstić information content (AvgIpc) is 3.28. The number of halogens is 1. The first-order valence-corrected chi connectivity index (χ1v) is 12.0. The van der Waals surface area contributed by atoms with Gasteiger partial charge in [0, 0.05) is 43.5 Å². The van der Waals surface area contributed by atoms with Crippen LogP contribution in [0.4, 0.5) is 0 Å². The lowest BCUT2D eigenvalue weighted by Gasteiger charge is -2.38. The normalized spacial score (nSPS) is 16.0. The van der Waals surface area contributed by atoms with Crippen molar-refractivity contribution in [2.75, 3.05) is 26.3 Å². The van der Waals surface area contributed by atoms with Crippen molar-refractivity contribution in [3.05, 3.63) is 77.3 Å². The Hall–Kier alpha value is -2.54. The van der Waals surface area contributed by atoms with Crippen LogP contribution in [0.25, 0.3) is 0 Å². The van der Waals surface area contributed by atoms with Crippen LogP contribution in [0.3, 0.4) is 0 Å². The lowest BCUT2D eigenvalue weighted by molar-refractivity contribution is -0.0537. The van der Waals surface area contributed by atoms with E-state index >= 15 is 0 Å². The van der Waals surface area contributed by atoms with Gasteiger partial charge in [-0.25, -0.2) is 4.98 Å². The molecule has 1 saturated heterocycles. The third-order valence-corrected chi connectivity index (χ3v) is 6.35. The van der Waals surface area contributed by atoms with Crippen molar-refractivity contribution >= 4 is 11.6 Å². The van der Waals surface area contributed by atoms with E-state index in [4.69, 9.17) is 21.1 Å². The van der Waals surface area contributed by atoms with Crippen molar-refractivity contribution in [3.63, 3.8) is 0 Å². The number of hydrogen-bond acceptors (Lipinski definition) is 5. The summed E-state index contributed by atoms with van der Waals surface area (Å²) >= 11 is 6.01. The Morgan fingerprint density at radius 2 is 1.82 bits per heavy atom. The molecule has 2 heterocycles. The smallest absolute Gasteiger partial charge is 0.120 e. The van der Waals surface area contributed by atoms with Gasteiger partial charge in [0.25, 0.3) is 0 Å². The van der Waals surface area contributed by atoms with Gasteiger partial charge in [0.05, 0.1) is 6.54 Å². The number of imidazole rings is 1. The van der Waals surface area contributed by atoms with Gasteiger partial charge in [0.15, 0.2) is 0 Å². The van der Waals surface area contributed by atoms with Gasteiger partial charge in [-0.15, -0.1) is 0 Å². The van der Waals surface area contributed by atoms with Gasteiger partial charge in [-0.05, 0) is 48.7 Å². The summed E-state index contributed by atoms with van der Waals surface area (Å²) in [6.45, 7) is 6.26. The number of aliphatic hydroxyl groups is 1. The van der Waals surface area contributed by atoms with Gasteiger partial charge in [0.1, 0.15) is 36.1 Å². The summed E-state index contributed by atoms with van der Waals surface area (Å²) in [5, 5.41) is 11.6. The van der Waals surface area contributed by atoms with Crippen LogP contribution < -0.4 is 9.47 Å². The Morgan fingerprint density at radius 1 is 1.06 bits per heavy atom. The van der Waals surface area contributed by atoms with Gasteiger partial charge in [-0.1, -0.05) is 36.7 Å². The monoisotopic (exact) mass is 469 g/mol. The first-order valence-electron chi connectivity index (χ1n) is 11.6. The van der Waals surface area contributed by atoms with E-state index in [9.17, 15) is 5.11 Å². The number of benzene rings is 2. The number of likely N-dealkylation sites (tertiary alicyclic amines) is 1. The fourth-order valence-corrected chi connectivity index (χ4v) is 4.34. The van der Waals surface area contributed by atoms with Crippen molar-refractivity contribution in [1.29, 1.82) is 0 Å². The van der Waals surface area contributed by atoms with Crippen molar-refractivity contribution < 1.29 is 14.6 Å². The quantitative estimate of drug-likeness (QED) is 0.471. The molecule has 1 aliphatic heterocycles. The summed E-state index contributed by atoms with van der Waals surface area (Å²) in [5.74, 6) is 2.65. The average molecular weight is 470 g/mol. The van der Waals surface area contributed by atoms with Gasteiger partial charge in [0.2, 0.25) is 0 Å². The van der Waals surface area contributed by atoms with Crippen molar-refractivity contribution in [3.8, 4) is 11.5 Å². The summed E-state index contributed by atoms with van der Waals surface area (Å²) < 4.78 is 13.9. The van der Waals surface area contributed by atoms with E-state index in [1.165, 1.54) is 5.56 Å². The molecule has 0 saturated carbocycles. The highest BCUT2D eigenvalue weighted by Gasteiger charge is 2.33. The van der Waals surface area contributed by atoms with Gasteiger partial charge in [-0.2, -0.15) is 0 Å². The second-order valence-electron chi connectivity index (χ2n) is 8.63. The predicted molar refractivity (Wildman–Crippen MR) is 130 cm³/mol. The number of rotatable bonds is 10. The van der Waals surface area contributed by atoms with E-state index in [0.717, 1.165) is 44.2 Å². The largest absolute Gasteiger partial charge is 0.492 e. The molecule has 2 aromatic carbocycles. The number of hydrogen-bond donors (Lipinski definition) is 1. The SMILES string of the molecule is CCc1nccn1CCOc1cccc(CN2CCC(O)(COc3cccc(Cl)c3)CC2)c1. The third kappa shape index (κ3) is 6.73. The van der Waals surface area contributed by atoms with Crippen molar-refractivity contribution in [2.45, 2.75) is 44.9 Å². The number of aromatic nitrogens is 2. The molecule has 0 unspecified atom stereocenters. The molecular formula is C26H32ClN3O3. The van der Waals surface area contributed by atoms with Crippen LogP contribution in [0, 0.1) is 0 Å². The van der Waals surface area contributed by atoms with E-state index in [0.29, 0.717) is 30.2 Å². The van der Waals surface area contributed by atoms with Crippen LogP contribution >= 0.6 is 11.6 Å². The molecule has 1 fully saturated rings.